The summed E-state index contributed by atoms with van der Waals surface area (Å²) in [6.45, 7) is 10.4. The Hall–Kier alpha value is -2.52. The first-order valence-corrected chi connectivity index (χ1v) is 11.4. The van der Waals surface area contributed by atoms with E-state index >= 15 is 0 Å². The fourth-order valence-electron chi connectivity index (χ4n) is 4.16. The first kappa shape index (κ1) is 27.7. The van der Waals surface area contributed by atoms with E-state index in [2.05, 4.69) is 32.9 Å². The average molecular weight is 477 g/mol. The molecule has 0 aromatic rings. The van der Waals surface area contributed by atoms with Crippen molar-refractivity contribution in [3.05, 3.63) is 58.7 Å². The van der Waals surface area contributed by atoms with Crippen molar-refractivity contribution < 1.29 is 39.5 Å². The predicted octanol–water partition coefficient (Wildman–Crippen LogP) is 2.95. The quantitative estimate of drug-likeness (QED) is 0.250. The monoisotopic (exact) mass is 476 g/mol. The van der Waals surface area contributed by atoms with Gasteiger partial charge in [0.1, 0.15) is 18.3 Å². The molecule has 1 saturated heterocycles. The maximum atomic E-state index is 12.2. The molecular weight excluding hydrogens is 440 g/mol. The lowest BCUT2D eigenvalue weighted by molar-refractivity contribution is -0.284. The zero-order chi connectivity index (χ0) is 25.6. The SMILES string of the molecule is CC(C=CC1=C(C)CCCC1(C)C)=CC=CC(C)=CC(=O)O[C@@H]1O[C@H](C(=O)O)[C@@H](O)[C@H](O)[C@H]1O. The van der Waals surface area contributed by atoms with Gasteiger partial charge in [0.2, 0.25) is 6.29 Å². The van der Waals surface area contributed by atoms with Crippen LogP contribution >= 0.6 is 0 Å². The van der Waals surface area contributed by atoms with E-state index in [4.69, 9.17) is 14.6 Å². The molecule has 2 aliphatic rings. The second kappa shape index (κ2) is 11.8. The molecule has 0 unspecified atom stereocenters. The molecule has 1 fully saturated rings. The van der Waals surface area contributed by atoms with Crippen molar-refractivity contribution in [2.45, 2.75) is 84.6 Å². The number of hydrogen-bond acceptors (Lipinski definition) is 7. The molecule has 34 heavy (non-hydrogen) atoms. The van der Waals surface area contributed by atoms with Gasteiger partial charge < -0.3 is 29.9 Å². The normalized spacial score (nSPS) is 30.8. The van der Waals surface area contributed by atoms with Crippen molar-refractivity contribution in [3.8, 4) is 0 Å². The minimum Gasteiger partial charge on any atom is -0.479 e. The molecule has 0 aromatic heterocycles. The van der Waals surface area contributed by atoms with Crippen LogP contribution in [0.15, 0.2) is 58.7 Å². The number of allylic oxidation sites excluding steroid dienone is 9. The summed E-state index contributed by atoms with van der Waals surface area (Å²) in [6, 6.07) is 0. The zero-order valence-corrected chi connectivity index (χ0v) is 20.4. The number of esters is 1. The molecule has 5 atom stereocenters. The zero-order valence-electron chi connectivity index (χ0n) is 20.4. The van der Waals surface area contributed by atoms with Crippen LogP contribution < -0.4 is 0 Å². The molecule has 1 heterocycles. The van der Waals surface area contributed by atoms with Crippen molar-refractivity contribution >= 4 is 11.9 Å². The van der Waals surface area contributed by atoms with Crippen LogP contribution in [0.1, 0.15) is 53.9 Å². The molecule has 0 aromatic carbocycles. The largest absolute Gasteiger partial charge is 0.479 e. The number of aliphatic hydroxyl groups excluding tert-OH is 3. The molecule has 0 spiro atoms. The van der Waals surface area contributed by atoms with Gasteiger partial charge in [-0.05, 0) is 56.6 Å². The van der Waals surface area contributed by atoms with Crippen molar-refractivity contribution in [2.24, 2.45) is 5.41 Å². The van der Waals surface area contributed by atoms with Gasteiger partial charge in [-0.1, -0.05) is 55.4 Å². The Morgan fingerprint density at radius 2 is 1.74 bits per heavy atom. The Labute approximate surface area is 200 Å². The lowest BCUT2D eigenvalue weighted by Crippen LogP contribution is -2.60. The van der Waals surface area contributed by atoms with Gasteiger partial charge in [-0.3, -0.25) is 0 Å². The molecule has 1 aliphatic heterocycles. The summed E-state index contributed by atoms with van der Waals surface area (Å²) >= 11 is 0. The number of aliphatic hydroxyl groups is 3. The summed E-state index contributed by atoms with van der Waals surface area (Å²) in [5.41, 5.74) is 4.56. The number of ether oxygens (including phenoxy) is 2. The fraction of sp³-hybridized carbons (Fsp3) is 0.538. The number of aliphatic carboxylic acids is 1. The third kappa shape index (κ3) is 7.24. The first-order valence-electron chi connectivity index (χ1n) is 11.4. The van der Waals surface area contributed by atoms with Crippen LogP contribution in [0.3, 0.4) is 0 Å². The molecule has 0 bridgehead atoms. The van der Waals surface area contributed by atoms with Gasteiger partial charge in [-0.2, -0.15) is 0 Å². The van der Waals surface area contributed by atoms with Crippen molar-refractivity contribution in [1.29, 1.82) is 0 Å². The fourth-order valence-corrected chi connectivity index (χ4v) is 4.16. The summed E-state index contributed by atoms with van der Waals surface area (Å²) in [6.07, 6.45) is 5.29. The van der Waals surface area contributed by atoms with Gasteiger partial charge in [0.15, 0.2) is 6.10 Å². The van der Waals surface area contributed by atoms with Gasteiger partial charge in [0, 0.05) is 6.08 Å². The lowest BCUT2D eigenvalue weighted by Gasteiger charge is -2.37. The summed E-state index contributed by atoms with van der Waals surface area (Å²) in [5.74, 6) is -2.44. The molecule has 8 heteroatoms. The highest BCUT2D eigenvalue weighted by atomic mass is 16.7. The number of carboxylic acids is 1. The Kier molecular flexibility index (Phi) is 9.58. The van der Waals surface area contributed by atoms with Crippen molar-refractivity contribution in [2.75, 3.05) is 0 Å². The molecule has 4 N–H and O–H groups in total. The second-order valence-corrected chi connectivity index (χ2v) is 9.59. The van der Waals surface area contributed by atoms with Gasteiger partial charge >= 0.3 is 11.9 Å². The van der Waals surface area contributed by atoms with E-state index in [-0.39, 0.29) is 5.41 Å². The van der Waals surface area contributed by atoms with E-state index in [1.54, 1.807) is 19.1 Å². The predicted molar refractivity (Wildman–Crippen MR) is 127 cm³/mol. The maximum Gasteiger partial charge on any atom is 0.335 e. The third-order valence-corrected chi connectivity index (χ3v) is 6.16. The minimum absolute atomic E-state index is 0.170. The molecule has 8 nitrogen and oxygen atoms in total. The van der Waals surface area contributed by atoms with E-state index in [1.165, 1.54) is 24.0 Å². The molecule has 188 valence electrons. The van der Waals surface area contributed by atoms with E-state index in [0.29, 0.717) is 5.57 Å². The van der Waals surface area contributed by atoms with Crippen LogP contribution in [-0.2, 0) is 19.1 Å². The Bertz CT molecular complexity index is 921. The number of carbonyl (C=O) groups excluding carboxylic acids is 1. The average Bonchev–Trinajstić information content (AvgIpc) is 2.73. The summed E-state index contributed by atoms with van der Waals surface area (Å²) in [7, 11) is 0. The van der Waals surface area contributed by atoms with Crippen LogP contribution in [0, 0.1) is 5.41 Å². The minimum atomic E-state index is -1.85. The number of rotatable bonds is 7. The summed E-state index contributed by atoms with van der Waals surface area (Å²) in [5, 5.41) is 38.5. The standard InChI is InChI=1S/C26H36O8/c1-15(11-12-18-17(3)10-7-13-26(18,4)5)8-6-9-16(2)14-19(27)33-25-22(30)20(28)21(29)23(34-25)24(31)32/h6,8-9,11-12,14,20-23,25,28-30H,7,10,13H2,1-5H3,(H,31,32)/t20-,21-,22+,23-,25+/m0/s1. The highest BCUT2D eigenvalue weighted by Gasteiger charge is 2.48. The molecule has 2 rings (SSSR count). The molecular formula is C26H36O8. The Morgan fingerprint density at radius 1 is 1.06 bits per heavy atom. The topological polar surface area (TPSA) is 134 Å². The van der Waals surface area contributed by atoms with Crippen LogP contribution in [0.4, 0.5) is 0 Å². The second-order valence-electron chi connectivity index (χ2n) is 9.59. The highest BCUT2D eigenvalue weighted by Crippen LogP contribution is 2.40. The van der Waals surface area contributed by atoms with E-state index in [0.717, 1.165) is 18.1 Å². The van der Waals surface area contributed by atoms with Gasteiger partial charge in [-0.25, -0.2) is 9.59 Å². The first-order chi connectivity index (χ1) is 15.8. The van der Waals surface area contributed by atoms with Gasteiger partial charge in [0.05, 0.1) is 0 Å². The number of hydrogen-bond donors (Lipinski definition) is 4. The lowest BCUT2D eigenvalue weighted by atomic mass is 9.72. The van der Waals surface area contributed by atoms with Crippen LogP contribution in [-0.4, -0.2) is 63.1 Å². The Morgan fingerprint density at radius 3 is 2.35 bits per heavy atom. The van der Waals surface area contributed by atoms with Crippen LogP contribution in [0.5, 0.6) is 0 Å². The van der Waals surface area contributed by atoms with Crippen molar-refractivity contribution in [1.82, 2.24) is 0 Å². The number of carboxylic acid groups (broad SMARTS) is 1. The van der Waals surface area contributed by atoms with Gasteiger partial charge in [0.25, 0.3) is 0 Å². The Balaban J connectivity index is 1.98. The van der Waals surface area contributed by atoms with E-state index in [1.807, 2.05) is 13.0 Å². The highest BCUT2D eigenvalue weighted by molar-refractivity contribution is 5.83. The number of carbonyl (C=O) groups is 2. The smallest absolute Gasteiger partial charge is 0.335 e. The maximum absolute atomic E-state index is 12.2. The molecule has 0 radical (unpaired) electrons. The van der Waals surface area contributed by atoms with Gasteiger partial charge in [-0.15, -0.1) is 0 Å². The van der Waals surface area contributed by atoms with E-state index < -0.39 is 42.6 Å². The van der Waals surface area contributed by atoms with Crippen LogP contribution in [0.25, 0.3) is 0 Å². The van der Waals surface area contributed by atoms with E-state index in [9.17, 15) is 24.9 Å². The molecule has 0 saturated carbocycles. The summed E-state index contributed by atoms with van der Waals surface area (Å²) < 4.78 is 9.88. The summed E-state index contributed by atoms with van der Waals surface area (Å²) in [4.78, 5) is 23.3. The van der Waals surface area contributed by atoms with Crippen molar-refractivity contribution in [3.63, 3.8) is 0 Å². The van der Waals surface area contributed by atoms with Crippen LogP contribution in [0.2, 0.25) is 0 Å². The molecule has 1 aliphatic carbocycles. The molecule has 0 amide bonds. The third-order valence-electron chi connectivity index (χ3n) is 6.16.